The van der Waals surface area contributed by atoms with Crippen molar-refractivity contribution in [3.63, 3.8) is 0 Å². The van der Waals surface area contributed by atoms with Crippen molar-refractivity contribution in [3.05, 3.63) is 21.9 Å². The highest BCUT2D eigenvalue weighted by molar-refractivity contribution is 7.12. The molecule has 0 aromatic carbocycles. The van der Waals surface area contributed by atoms with Crippen LogP contribution in [0.25, 0.3) is 0 Å². The summed E-state index contributed by atoms with van der Waals surface area (Å²) in [4.78, 5) is 5.22. The Morgan fingerprint density at radius 3 is 2.75 bits per heavy atom. The molecular formula is C16H28N2OS. The molecule has 0 radical (unpaired) electrons. The predicted octanol–water partition coefficient (Wildman–Crippen LogP) is 2.59. The van der Waals surface area contributed by atoms with E-state index < -0.39 is 0 Å². The Morgan fingerprint density at radius 2 is 2.20 bits per heavy atom. The summed E-state index contributed by atoms with van der Waals surface area (Å²) in [5.74, 6) is 0. The van der Waals surface area contributed by atoms with E-state index in [0.717, 1.165) is 26.2 Å². The summed E-state index contributed by atoms with van der Waals surface area (Å²) < 4.78 is 0. The van der Waals surface area contributed by atoms with E-state index in [9.17, 15) is 5.11 Å². The third kappa shape index (κ3) is 4.55. The quantitative estimate of drug-likeness (QED) is 0.847. The molecule has 2 heterocycles. The third-order valence-electron chi connectivity index (χ3n) is 3.84. The molecule has 0 aliphatic carbocycles. The van der Waals surface area contributed by atoms with E-state index in [2.05, 4.69) is 43.1 Å². The summed E-state index contributed by atoms with van der Waals surface area (Å²) in [5, 5.41) is 12.8. The zero-order valence-corrected chi connectivity index (χ0v) is 13.8. The fraction of sp³-hybridized carbons (Fsp3) is 0.750. The first-order valence-corrected chi connectivity index (χ1v) is 8.46. The molecule has 1 atom stereocenters. The smallest absolute Gasteiger partial charge is 0.0558 e. The Kier molecular flexibility index (Phi) is 5.61. The van der Waals surface area contributed by atoms with Crippen molar-refractivity contribution in [2.24, 2.45) is 0 Å². The maximum absolute atomic E-state index is 9.26. The molecule has 2 rings (SSSR count). The minimum absolute atomic E-state index is 0.234. The molecule has 0 amide bonds. The van der Waals surface area contributed by atoms with Crippen LogP contribution >= 0.6 is 11.3 Å². The van der Waals surface area contributed by atoms with Gasteiger partial charge in [0.15, 0.2) is 0 Å². The molecule has 1 aliphatic rings. The largest absolute Gasteiger partial charge is 0.395 e. The van der Waals surface area contributed by atoms with Gasteiger partial charge in [0.2, 0.25) is 0 Å². The SMILES string of the molecule is CC(C)(C)c1ccc(CN(CCO)CC2CCCN2)s1. The van der Waals surface area contributed by atoms with Crippen LogP contribution < -0.4 is 5.32 Å². The van der Waals surface area contributed by atoms with Gasteiger partial charge in [0.05, 0.1) is 6.61 Å². The van der Waals surface area contributed by atoms with Crippen molar-refractivity contribution in [3.8, 4) is 0 Å². The van der Waals surface area contributed by atoms with Gasteiger partial charge in [0.1, 0.15) is 0 Å². The van der Waals surface area contributed by atoms with Gasteiger partial charge >= 0.3 is 0 Å². The average Bonchev–Trinajstić information content (AvgIpc) is 2.99. The van der Waals surface area contributed by atoms with Gasteiger partial charge in [-0.2, -0.15) is 0 Å². The zero-order valence-electron chi connectivity index (χ0n) is 13.0. The van der Waals surface area contributed by atoms with Crippen molar-refractivity contribution < 1.29 is 5.11 Å². The van der Waals surface area contributed by atoms with Gasteiger partial charge in [-0.15, -0.1) is 11.3 Å². The number of hydrogen-bond acceptors (Lipinski definition) is 4. The fourth-order valence-electron chi connectivity index (χ4n) is 2.69. The van der Waals surface area contributed by atoms with Crippen LogP contribution in [0.4, 0.5) is 0 Å². The molecule has 1 unspecified atom stereocenters. The monoisotopic (exact) mass is 296 g/mol. The Bertz CT molecular complexity index is 405. The van der Waals surface area contributed by atoms with Crippen molar-refractivity contribution >= 4 is 11.3 Å². The molecule has 3 nitrogen and oxygen atoms in total. The Hall–Kier alpha value is -0.420. The Labute approximate surface area is 127 Å². The summed E-state index contributed by atoms with van der Waals surface area (Å²) in [7, 11) is 0. The molecule has 0 saturated carbocycles. The van der Waals surface area contributed by atoms with Crippen LogP contribution in [0.1, 0.15) is 43.4 Å². The molecule has 4 heteroatoms. The van der Waals surface area contributed by atoms with Gasteiger partial charge in [-0.1, -0.05) is 20.8 Å². The topological polar surface area (TPSA) is 35.5 Å². The Balaban J connectivity index is 1.94. The van der Waals surface area contributed by atoms with Gasteiger partial charge in [-0.3, -0.25) is 4.90 Å². The van der Waals surface area contributed by atoms with Crippen LogP contribution in [0, 0.1) is 0 Å². The van der Waals surface area contributed by atoms with Crippen LogP contribution in [-0.4, -0.2) is 42.3 Å². The second-order valence-corrected chi connectivity index (χ2v) is 7.94. The minimum Gasteiger partial charge on any atom is -0.395 e. The summed E-state index contributed by atoms with van der Waals surface area (Å²) in [6.07, 6.45) is 2.55. The van der Waals surface area contributed by atoms with Crippen molar-refractivity contribution in [2.45, 2.75) is 51.6 Å². The lowest BCUT2D eigenvalue weighted by Gasteiger charge is -2.24. The predicted molar refractivity (Wildman–Crippen MR) is 86.4 cm³/mol. The standard InChI is InChI=1S/C16H28N2OS/c1-16(2,3)15-7-6-14(20-15)12-18(9-10-19)11-13-5-4-8-17-13/h6-7,13,17,19H,4-5,8-12H2,1-3H3. The molecule has 0 bridgehead atoms. The van der Waals surface area contributed by atoms with Gasteiger partial charge < -0.3 is 10.4 Å². The summed E-state index contributed by atoms with van der Waals surface area (Å²) in [6.45, 7) is 10.9. The highest BCUT2D eigenvalue weighted by Crippen LogP contribution is 2.30. The van der Waals surface area contributed by atoms with Gasteiger partial charge in [0, 0.05) is 35.4 Å². The average molecular weight is 296 g/mol. The van der Waals surface area contributed by atoms with E-state index in [4.69, 9.17) is 0 Å². The molecule has 1 fully saturated rings. The Morgan fingerprint density at radius 1 is 1.40 bits per heavy atom. The molecule has 0 spiro atoms. The van der Waals surface area contributed by atoms with Crippen LogP contribution in [-0.2, 0) is 12.0 Å². The lowest BCUT2D eigenvalue weighted by atomic mass is 9.95. The summed E-state index contributed by atoms with van der Waals surface area (Å²) >= 11 is 1.91. The molecule has 114 valence electrons. The van der Waals surface area contributed by atoms with Crippen molar-refractivity contribution in [1.82, 2.24) is 10.2 Å². The van der Waals surface area contributed by atoms with Crippen LogP contribution in [0.15, 0.2) is 12.1 Å². The number of hydrogen-bond donors (Lipinski definition) is 2. The third-order valence-corrected chi connectivity index (χ3v) is 5.33. The summed E-state index contributed by atoms with van der Waals surface area (Å²) in [5.41, 5.74) is 0.234. The number of rotatable bonds is 6. The molecule has 1 aliphatic heterocycles. The second-order valence-electron chi connectivity index (χ2n) is 6.77. The van der Waals surface area contributed by atoms with E-state index >= 15 is 0 Å². The second kappa shape index (κ2) is 7.03. The lowest BCUT2D eigenvalue weighted by Crippen LogP contribution is -2.38. The first-order chi connectivity index (χ1) is 9.49. The van der Waals surface area contributed by atoms with Gasteiger partial charge in [-0.25, -0.2) is 0 Å². The normalized spacial score (nSPS) is 19.9. The highest BCUT2D eigenvalue weighted by atomic mass is 32.1. The highest BCUT2D eigenvalue weighted by Gasteiger charge is 2.20. The maximum Gasteiger partial charge on any atom is 0.0558 e. The van der Waals surface area contributed by atoms with Gasteiger partial charge in [0.25, 0.3) is 0 Å². The fourth-order valence-corrected chi connectivity index (χ4v) is 3.79. The molecule has 1 saturated heterocycles. The number of aliphatic hydroxyl groups is 1. The molecule has 1 aromatic heterocycles. The molecule has 2 N–H and O–H groups in total. The number of nitrogens with zero attached hydrogens (tertiary/aromatic N) is 1. The molecule has 20 heavy (non-hydrogen) atoms. The van der Waals surface area contributed by atoms with Crippen LogP contribution in [0.2, 0.25) is 0 Å². The molecular weight excluding hydrogens is 268 g/mol. The van der Waals surface area contributed by atoms with Crippen molar-refractivity contribution in [1.29, 1.82) is 0 Å². The van der Waals surface area contributed by atoms with Gasteiger partial charge in [-0.05, 0) is 36.9 Å². The zero-order chi connectivity index (χ0) is 14.6. The van der Waals surface area contributed by atoms with Crippen LogP contribution in [0.5, 0.6) is 0 Å². The maximum atomic E-state index is 9.26. The lowest BCUT2D eigenvalue weighted by molar-refractivity contribution is 0.180. The number of aliphatic hydroxyl groups excluding tert-OH is 1. The molecule has 1 aromatic rings. The van der Waals surface area contributed by atoms with E-state index in [1.807, 2.05) is 11.3 Å². The van der Waals surface area contributed by atoms with E-state index in [-0.39, 0.29) is 12.0 Å². The van der Waals surface area contributed by atoms with Crippen LogP contribution in [0.3, 0.4) is 0 Å². The summed E-state index contributed by atoms with van der Waals surface area (Å²) in [6, 6.07) is 5.10. The number of thiophene rings is 1. The van der Waals surface area contributed by atoms with Crippen molar-refractivity contribution in [2.75, 3.05) is 26.2 Å². The van der Waals surface area contributed by atoms with E-state index in [1.165, 1.54) is 22.6 Å². The minimum atomic E-state index is 0.234. The number of nitrogens with one attached hydrogen (secondary N) is 1. The van der Waals surface area contributed by atoms with E-state index in [1.54, 1.807) is 0 Å². The first kappa shape index (κ1) is 16.0. The van der Waals surface area contributed by atoms with E-state index in [0.29, 0.717) is 6.04 Å². The first-order valence-electron chi connectivity index (χ1n) is 7.65.